The summed E-state index contributed by atoms with van der Waals surface area (Å²) in [6, 6.07) is 9.51. The summed E-state index contributed by atoms with van der Waals surface area (Å²) in [4.78, 5) is 15.6. The molecular weight excluding hydrogens is 250 g/mol. The summed E-state index contributed by atoms with van der Waals surface area (Å²) in [5.41, 5.74) is 10.3. The van der Waals surface area contributed by atoms with Crippen molar-refractivity contribution in [2.24, 2.45) is 0 Å². The normalized spacial score (nSPS) is 10.1. The number of anilines is 2. The third-order valence-electron chi connectivity index (χ3n) is 2.89. The number of benzene rings is 1. The maximum Gasteiger partial charge on any atom is 0.247 e. The van der Waals surface area contributed by atoms with E-state index >= 15 is 0 Å². The quantitative estimate of drug-likeness (QED) is 0.837. The summed E-state index contributed by atoms with van der Waals surface area (Å²) in [6.07, 6.45) is 3.67. The molecule has 1 heterocycles. The van der Waals surface area contributed by atoms with Crippen LogP contribution in [-0.4, -0.2) is 10.9 Å². The predicted molar refractivity (Wildman–Crippen MR) is 81.5 cm³/mol. The maximum atomic E-state index is 11.3. The number of amides is 1. The van der Waals surface area contributed by atoms with Gasteiger partial charge in [0.25, 0.3) is 0 Å². The van der Waals surface area contributed by atoms with Crippen molar-refractivity contribution in [3.63, 3.8) is 0 Å². The summed E-state index contributed by atoms with van der Waals surface area (Å²) in [5, 5.41) is 2.73. The van der Waals surface area contributed by atoms with Crippen LogP contribution >= 0.6 is 0 Å². The molecule has 2 aromatic rings. The Labute approximate surface area is 118 Å². The van der Waals surface area contributed by atoms with Crippen LogP contribution < -0.4 is 11.1 Å². The van der Waals surface area contributed by atoms with Crippen LogP contribution in [0.5, 0.6) is 0 Å². The molecule has 1 aromatic heterocycles. The first-order valence-corrected chi connectivity index (χ1v) is 6.32. The lowest BCUT2D eigenvalue weighted by Gasteiger charge is -2.08. The van der Waals surface area contributed by atoms with Crippen LogP contribution in [0.3, 0.4) is 0 Å². The first kappa shape index (κ1) is 13.8. The van der Waals surface area contributed by atoms with Gasteiger partial charge in [0.15, 0.2) is 0 Å². The number of nitrogen functional groups attached to an aromatic ring is 1. The highest BCUT2D eigenvalue weighted by molar-refractivity contribution is 5.98. The number of hydrogen-bond donors (Lipinski definition) is 2. The van der Waals surface area contributed by atoms with E-state index in [1.54, 1.807) is 6.20 Å². The van der Waals surface area contributed by atoms with Gasteiger partial charge in [-0.05, 0) is 42.3 Å². The van der Waals surface area contributed by atoms with Gasteiger partial charge in [0, 0.05) is 18.3 Å². The average Bonchev–Trinajstić information content (AvgIpc) is 2.42. The lowest BCUT2D eigenvalue weighted by atomic mass is 10.1. The van der Waals surface area contributed by atoms with Gasteiger partial charge in [-0.25, -0.2) is 0 Å². The number of nitrogens with two attached hydrogens (primary N) is 1. The van der Waals surface area contributed by atoms with Gasteiger partial charge in [-0.2, -0.15) is 0 Å². The molecule has 0 aliphatic heterocycles. The van der Waals surface area contributed by atoms with E-state index in [-0.39, 0.29) is 5.91 Å². The molecule has 20 heavy (non-hydrogen) atoms. The second kappa shape index (κ2) is 6.02. The molecule has 0 spiro atoms. The van der Waals surface area contributed by atoms with Crippen molar-refractivity contribution in [1.82, 2.24) is 4.98 Å². The van der Waals surface area contributed by atoms with E-state index in [1.807, 2.05) is 37.3 Å². The Hall–Kier alpha value is -2.62. The van der Waals surface area contributed by atoms with Gasteiger partial charge < -0.3 is 11.1 Å². The first-order chi connectivity index (χ1) is 9.58. The van der Waals surface area contributed by atoms with Crippen molar-refractivity contribution in [3.8, 4) is 0 Å². The minimum Gasteiger partial charge on any atom is -0.397 e. The highest BCUT2D eigenvalue weighted by atomic mass is 16.1. The Kier molecular flexibility index (Phi) is 4.15. The van der Waals surface area contributed by atoms with Crippen LogP contribution in [0.1, 0.15) is 16.8 Å². The summed E-state index contributed by atoms with van der Waals surface area (Å²) in [5.74, 6) is -0.227. The molecule has 0 saturated heterocycles. The zero-order valence-electron chi connectivity index (χ0n) is 11.4. The second-order valence-electron chi connectivity index (χ2n) is 4.62. The largest absolute Gasteiger partial charge is 0.397 e. The molecule has 0 saturated carbocycles. The zero-order valence-corrected chi connectivity index (χ0v) is 11.4. The van der Waals surface area contributed by atoms with Gasteiger partial charge >= 0.3 is 0 Å². The molecule has 0 aliphatic carbocycles. The van der Waals surface area contributed by atoms with Crippen LogP contribution in [0.2, 0.25) is 0 Å². The van der Waals surface area contributed by atoms with E-state index in [1.165, 1.54) is 6.08 Å². The van der Waals surface area contributed by atoms with Crippen LogP contribution in [-0.2, 0) is 11.2 Å². The fraction of sp³-hybridized carbons (Fsp3) is 0.125. The monoisotopic (exact) mass is 267 g/mol. The van der Waals surface area contributed by atoms with E-state index in [0.29, 0.717) is 12.1 Å². The average molecular weight is 267 g/mol. The van der Waals surface area contributed by atoms with Gasteiger partial charge in [-0.15, -0.1) is 0 Å². The van der Waals surface area contributed by atoms with Crippen molar-refractivity contribution < 1.29 is 4.79 Å². The Morgan fingerprint density at radius 3 is 2.95 bits per heavy atom. The molecular formula is C16H17N3O. The van der Waals surface area contributed by atoms with Crippen molar-refractivity contribution in [2.45, 2.75) is 13.3 Å². The Morgan fingerprint density at radius 2 is 2.25 bits per heavy atom. The van der Waals surface area contributed by atoms with Crippen LogP contribution in [0.4, 0.5) is 11.4 Å². The van der Waals surface area contributed by atoms with E-state index in [2.05, 4.69) is 16.9 Å². The molecule has 0 atom stereocenters. The third kappa shape index (κ3) is 3.45. The second-order valence-corrected chi connectivity index (χ2v) is 4.62. The van der Waals surface area contributed by atoms with Crippen molar-refractivity contribution in [3.05, 3.63) is 66.0 Å². The summed E-state index contributed by atoms with van der Waals surface area (Å²) >= 11 is 0. The lowest BCUT2D eigenvalue weighted by Crippen LogP contribution is -2.07. The summed E-state index contributed by atoms with van der Waals surface area (Å²) in [6.45, 7) is 5.39. The third-order valence-corrected chi connectivity index (χ3v) is 2.89. The molecule has 2 rings (SSSR count). The SMILES string of the molecule is C=CC(=O)Nc1cccc(Cc2ncc(C)cc2N)c1. The molecule has 1 aromatic carbocycles. The maximum absolute atomic E-state index is 11.3. The van der Waals surface area contributed by atoms with Crippen LogP contribution in [0.15, 0.2) is 49.2 Å². The number of carbonyl (C=O) groups is 1. The first-order valence-electron chi connectivity index (χ1n) is 6.32. The van der Waals surface area contributed by atoms with Gasteiger partial charge in [0.1, 0.15) is 0 Å². The molecule has 0 aliphatic rings. The zero-order chi connectivity index (χ0) is 14.5. The number of carbonyl (C=O) groups excluding carboxylic acids is 1. The fourth-order valence-electron chi connectivity index (χ4n) is 1.91. The standard InChI is InChI=1S/C16H17N3O/c1-3-16(20)19-13-6-4-5-12(8-13)9-15-14(17)7-11(2)10-18-15/h3-8,10H,1,9,17H2,2H3,(H,19,20). The molecule has 0 unspecified atom stereocenters. The number of rotatable bonds is 4. The number of aryl methyl sites for hydroxylation is 1. The van der Waals surface area contributed by atoms with Gasteiger partial charge in [0.2, 0.25) is 5.91 Å². The van der Waals surface area contributed by atoms with Crippen LogP contribution in [0.25, 0.3) is 0 Å². The Balaban J connectivity index is 2.19. The lowest BCUT2D eigenvalue weighted by molar-refractivity contribution is -0.111. The topological polar surface area (TPSA) is 68.0 Å². The summed E-state index contributed by atoms with van der Waals surface area (Å²) < 4.78 is 0. The predicted octanol–water partition coefficient (Wildman–Crippen LogP) is 2.69. The fourth-order valence-corrected chi connectivity index (χ4v) is 1.91. The smallest absolute Gasteiger partial charge is 0.247 e. The van der Waals surface area contributed by atoms with E-state index < -0.39 is 0 Å². The molecule has 4 nitrogen and oxygen atoms in total. The number of aromatic nitrogens is 1. The molecule has 1 amide bonds. The van der Waals surface area contributed by atoms with E-state index in [9.17, 15) is 4.79 Å². The number of pyridine rings is 1. The number of nitrogens with one attached hydrogen (secondary N) is 1. The highest BCUT2D eigenvalue weighted by Crippen LogP contribution is 2.18. The summed E-state index contributed by atoms with van der Waals surface area (Å²) in [7, 11) is 0. The molecule has 0 radical (unpaired) electrons. The highest BCUT2D eigenvalue weighted by Gasteiger charge is 2.04. The van der Waals surface area contributed by atoms with Crippen molar-refractivity contribution in [1.29, 1.82) is 0 Å². The minimum atomic E-state index is -0.227. The van der Waals surface area contributed by atoms with E-state index in [0.717, 1.165) is 22.5 Å². The van der Waals surface area contributed by atoms with Gasteiger partial charge in [0.05, 0.1) is 11.4 Å². The molecule has 0 fully saturated rings. The number of hydrogen-bond acceptors (Lipinski definition) is 3. The van der Waals surface area contributed by atoms with Crippen molar-refractivity contribution in [2.75, 3.05) is 11.1 Å². The molecule has 4 heteroatoms. The number of nitrogens with zero attached hydrogens (tertiary/aromatic N) is 1. The molecule has 3 N–H and O–H groups in total. The van der Waals surface area contributed by atoms with Crippen molar-refractivity contribution >= 4 is 17.3 Å². The Bertz CT molecular complexity index is 650. The van der Waals surface area contributed by atoms with Gasteiger partial charge in [-0.1, -0.05) is 18.7 Å². The molecule has 102 valence electrons. The van der Waals surface area contributed by atoms with Gasteiger partial charge in [-0.3, -0.25) is 9.78 Å². The van der Waals surface area contributed by atoms with E-state index in [4.69, 9.17) is 5.73 Å². The Morgan fingerprint density at radius 1 is 1.45 bits per heavy atom. The minimum absolute atomic E-state index is 0.227. The molecule has 0 bridgehead atoms. The van der Waals surface area contributed by atoms with Crippen LogP contribution in [0, 0.1) is 6.92 Å².